The summed E-state index contributed by atoms with van der Waals surface area (Å²) in [6, 6.07) is 11.0. The Balaban J connectivity index is 2.07. The third kappa shape index (κ3) is 2.31. The number of fused-ring (bicyclic) bond motifs is 1. The minimum absolute atomic E-state index is 0.271. The third-order valence-corrected chi connectivity index (χ3v) is 3.36. The van der Waals surface area contributed by atoms with Crippen LogP contribution in [0.4, 0.5) is 5.82 Å². The maximum Gasteiger partial charge on any atom is 0.129 e. The number of aliphatic hydroxyl groups is 1. The summed E-state index contributed by atoms with van der Waals surface area (Å²) < 4.78 is 0. The molecule has 0 radical (unpaired) electrons. The lowest BCUT2D eigenvalue weighted by molar-refractivity contribution is 0.221. The summed E-state index contributed by atoms with van der Waals surface area (Å²) in [6.45, 7) is 0. The molecule has 3 N–H and O–H groups in total. The Kier molecular flexibility index (Phi) is 3.26. The van der Waals surface area contributed by atoms with Crippen LogP contribution in [0.1, 0.15) is 17.2 Å². The highest BCUT2D eigenvalue weighted by molar-refractivity contribution is 6.30. The molecule has 0 aliphatic carbocycles. The van der Waals surface area contributed by atoms with Crippen LogP contribution in [0.25, 0.3) is 10.9 Å². The lowest BCUT2D eigenvalue weighted by Gasteiger charge is -2.14. The first-order valence-electron chi connectivity index (χ1n) is 6.09. The molecular weight excluding hydrogens is 274 g/mol. The van der Waals surface area contributed by atoms with Gasteiger partial charge in [-0.2, -0.15) is 0 Å². The van der Waals surface area contributed by atoms with E-state index in [0.29, 0.717) is 10.6 Å². The molecule has 0 fully saturated rings. The number of nitrogen functional groups attached to an aromatic ring is 1. The second-order valence-corrected chi connectivity index (χ2v) is 4.92. The van der Waals surface area contributed by atoms with Crippen LogP contribution in [0, 0.1) is 0 Å². The van der Waals surface area contributed by atoms with Gasteiger partial charge in [-0.25, -0.2) is 4.98 Å². The number of hydrogen-bond donors (Lipinski definition) is 2. The summed E-state index contributed by atoms with van der Waals surface area (Å²) in [6.07, 6.45) is 2.32. The van der Waals surface area contributed by atoms with E-state index in [1.54, 1.807) is 12.3 Å². The van der Waals surface area contributed by atoms with Crippen molar-refractivity contribution in [1.29, 1.82) is 0 Å². The minimum atomic E-state index is -0.870. The van der Waals surface area contributed by atoms with Crippen LogP contribution in [0.3, 0.4) is 0 Å². The van der Waals surface area contributed by atoms with Crippen LogP contribution < -0.4 is 5.73 Å². The Hall–Kier alpha value is -2.17. The summed E-state index contributed by atoms with van der Waals surface area (Å²) in [4.78, 5) is 8.21. The van der Waals surface area contributed by atoms with Crippen molar-refractivity contribution in [2.24, 2.45) is 0 Å². The zero-order valence-electron chi connectivity index (χ0n) is 10.5. The highest BCUT2D eigenvalue weighted by Crippen LogP contribution is 2.29. The molecule has 20 heavy (non-hydrogen) atoms. The van der Waals surface area contributed by atoms with Gasteiger partial charge >= 0.3 is 0 Å². The number of anilines is 1. The summed E-state index contributed by atoms with van der Waals surface area (Å²) in [5.74, 6) is 0.271. The Morgan fingerprint density at radius 2 is 2.00 bits per heavy atom. The number of nitrogens with zero attached hydrogens (tertiary/aromatic N) is 2. The molecule has 0 saturated heterocycles. The van der Waals surface area contributed by atoms with E-state index in [1.165, 1.54) is 6.20 Å². The van der Waals surface area contributed by atoms with Crippen molar-refractivity contribution in [2.45, 2.75) is 6.10 Å². The molecule has 0 aliphatic heterocycles. The van der Waals surface area contributed by atoms with E-state index in [9.17, 15) is 5.11 Å². The monoisotopic (exact) mass is 285 g/mol. The average Bonchev–Trinajstić information content (AvgIpc) is 2.48. The van der Waals surface area contributed by atoms with Gasteiger partial charge in [0.25, 0.3) is 0 Å². The van der Waals surface area contributed by atoms with E-state index in [0.717, 1.165) is 16.5 Å². The van der Waals surface area contributed by atoms with Gasteiger partial charge in [0.05, 0.1) is 10.5 Å². The van der Waals surface area contributed by atoms with Gasteiger partial charge in [-0.3, -0.25) is 4.98 Å². The van der Waals surface area contributed by atoms with Crippen LogP contribution >= 0.6 is 11.6 Å². The quantitative estimate of drug-likeness (QED) is 0.759. The fourth-order valence-electron chi connectivity index (χ4n) is 2.13. The SMILES string of the molecule is Nc1ncc(Cl)cc1C(O)c1ccc2ncccc2c1. The average molecular weight is 286 g/mol. The first-order chi connectivity index (χ1) is 9.65. The molecule has 2 aromatic heterocycles. The molecule has 0 saturated carbocycles. The number of nitrogens with two attached hydrogens (primary N) is 1. The van der Waals surface area contributed by atoms with Gasteiger partial charge in [0, 0.05) is 23.3 Å². The van der Waals surface area contributed by atoms with Crippen molar-refractivity contribution in [3.8, 4) is 0 Å². The molecule has 3 aromatic rings. The molecule has 2 heterocycles. The van der Waals surface area contributed by atoms with Crippen LogP contribution in [-0.2, 0) is 0 Å². The normalized spacial score (nSPS) is 12.5. The minimum Gasteiger partial charge on any atom is -0.384 e. The maximum atomic E-state index is 10.5. The van der Waals surface area contributed by atoms with E-state index < -0.39 is 6.10 Å². The number of aliphatic hydroxyl groups excluding tert-OH is 1. The van der Waals surface area contributed by atoms with Crippen molar-refractivity contribution in [3.63, 3.8) is 0 Å². The van der Waals surface area contributed by atoms with Crippen molar-refractivity contribution in [2.75, 3.05) is 5.73 Å². The second-order valence-electron chi connectivity index (χ2n) is 4.49. The van der Waals surface area contributed by atoms with Crippen molar-refractivity contribution < 1.29 is 5.11 Å². The number of benzene rings is 1. The van der Waals surface area contributed by atoms with Crippen molar-refractivity contribution >= 4 is 28.3 Å². The standard InChI is InChI=1S/C15H12ClN3O/c16-11-7-12(15(17)19-8-11)14(20)10-3-4-13-9(6-10)2-1-5-18-13/h1-8,14,20H,(H2,17,19). The molecule has 0 bridgehead atoms. The molecule has 1 aromatic carbocycles. The molecule has 3 rings (SSSR count). The molecule has 1 atom stereocenters. The van der Waals surface area contributed by atoms with Crippen molar-refractivity contribution in [1.82, 2.24) is 9.97 Å². The maximum absolute atomic E-state index is 10.5. The Labute approximate surface area is 120 Å². The molecule has 0 spiro atoms. The van der Waals surface area contributed by atoms with Gasteiger partial charge < -0.3 is 10.8 Å². The Morgan fingerprint density at radius 1 is 1.15 bits per heavy atom. The topological polar surface area (TPSA) is 72.0 Å². The molecule has 100 valence electrons. The third-order valence-electron chi connectivity index (χ3n) is 3.15. The van der Waals surface area contributed by atoms with Crippen LogP contribution in [0.15, 0.2) is 48.8 Å². The predicted octanol–water partition coefficient (Wildman–Crippen LogP) is 2.95. The first-order valence-corrected chi connectivity index (χ1v) is 6.46. The zero-order valence-corrected chi connectivity index (χ0v) is 11.2. The molecular formula is C15H12ClN3O. The molecule has 1 unspecified atom stereocenters. The molecule has 4 nitrogen and oxygen atoms in total. The highest BCUT2D eigenvalue weighted by Gasteiger charge is 2.15. The van der Waals surface area contributed by atoms with Crippen LogP contribution in [-0.4, -0.2) is 15.1 Å². The zero-order chi connectivity index (χ0) is 14.1. The van der Waals surface area contributed by atoms with Gasteiger partial charge in [0.15, 0.2) is 0 Å². The van der Waals surface area contributed by atoms with Gasteiger partial charge in [-0.05, 0) is 29.8 Å². The molecule has 5 heteroatoms. The lowest BCUT2D eigenvalue weighted by atomic mass is 10.0. The number of aromatic nitrogens is 2. The van der Waals surface area contributed by atoms with E-state index >= 15 is 0 Å². The van der Waals surface area contributed by atoms with Gasteiger partial charge in [0.1, 0.15) is 11.9 Å². The number of hydrogen-bond acceptors (Lipinski definition) is 4. The van der Waals surface area contributed by atoms with E-state index in [4.69, 9.17) is 17.3 Å². The van der Waals surface area contributed by atoms with E-state index in [1.807, 2.05) is 30.3 Å². The highest BCUT2D eigenvalue weighted by atomic mass is 35.5. The Morgan fingerprint density at radius 3 is 2.85 bits per heavy atom. The fourth-order valence-corrected chi connectivity index (χ4v) is 2.29. The number of rotatable bonds is 2. The Bertz CT molecular complexity index is 776. The first kappa shape index (κ1) is 12.8. The lowest BCUT2D eigenvalue weighted by Crippen LogP contribution is -2.05. The van der Waals surface area contributed by atoms with Gasteiger partial charge in [0.2, 0.25) is 0 Å². The van der Waals surface area contributed by atoms with Crippen LogP contribution in [0.5, 0.6) is 0 Å². The van der Waals surface area contributed by atoms with Crippen molar-refractivity contribution in [3.05, 3.63) is 64.9 Å². The van der Waals surface area contributed by atoms with Crippen LogP contribution in [0.2, 0.25) is 5.02 Å². The molecule has 0 aliphatic rings. The summed E-state index contributed by atoms with van der Waals surface area (Å²) in [7, 11) is 0. The summed E-state index contributed by atoms with van der Waals surface area (Å²) >= 11 is 5.90. The predicted molar refractivity (Wildman–Crippen MR) is 79.5 cm³/mol. The molecule has 0 amide bonds. The number of halogens is 1. The van der Waals surface area contributed by atoms with E-state index in [-0.39, 0.29) is 5.82 Å². The largest absolute Gasteiger partial charge is 0.384 e. The fraction of sp³-hybridized carbons (Fsp3) is 0.0667. The smallest absolute Gasteiger partial charge is 0.129 e. The van der Waals surface area contributed by atoms with Gasteiger partial charge in [-0.15, -0.1) is 0 Å². The number of pyridine rings is 2. The second kappa shape index (κ2) is 5.07. The van der Waals surface area contributed by atoms with E-state index in [2.05, 4.69) is 9.97 Å². The van der Waals surface area contributed by atoms with Gasteiger partial charge in [-0.1, -0.05) is 23.7 Å². The summed E-state index contributed by atoms with van der Waals surface area (Å²) in [5.41, 5.74) is 7.90. The summed E-state index contributed by atoms with van der Waals surface area (Å²) in [5, 5.41) is 11.9.